The van der Waals surface area contributed by atoms with Crippen LogP contribution in [0.4, 0.5) is 5.95 Å². The van der Waals surface area contributed by atoms with Gasteiger partial charge >= 0.3 is 5.97 Å². The molecule has 0 aliphatic rings. The molecule has 20 heavy (non-hydrogen) atoms. The number of aromatic nitrogens is 2. The maximum Gasteiger partial charge on any atom is 0.326 e. The molecule has 1 aromatic heterocycles. The van der Waals surface area contributed by atoms with Crippen LogP contribution in [0.3, 0.4) is 0 Å². The number of anilines is 1. The number of benzene rings is 1. The summed E-state index contributed by atoms with van der Waals surface area (Å²) >= 11 is 0. The fourth-order valence-electron chi connectivity index (χ4n) is 1.80. The first-order valence-electron chi connectivity index (χ1n) is 6.59. The van der Waals surface area contributed by atoms with Crippen LogP contribution >= 0.6 is 0 Å². The Labute approximate surface area is 116 Å². The lowest BCUT2D eigenvalue weighted by Crippen LogP contribution is -2.29. The summed E-state index contributed by atoms with van der Waals surface area (Å²) in [5, 5.41) is 15.7. The van der Waals surface area contributed by atoms with Gasteiger partial charge in [-0.15, -0.1) is 0 Å². The maximum atomic E-state index is 11.1. The minimum atomic E-state index is -0.912. The van der Waals surface area contributed by atoms with Crippen LogP contribution in [0.25, 0.3) is 11.5 Å². The molecule has 2 rings (SSSR count). The topological polar surface area (TPSA) is 88.3 Å². The van der Waals surface area contributed by atoms with Crippen LogP contribution in [0, 0.1) is 0 Å². The van der Waals surface area contributed by atoms with Crippen molar-refractivity contribution in [3.63, 3.8) is 0 Å². The quantitative estimate of drug-likeness (QED) is 0.807. The third kappa shape index (κ3) is 3.57. The van der Waals surface area contributed by atoms with Crippen LogP contribution in [0.1, 0.15) is 26.2 Å². The van der Waals surface area contributed by atoms with E-state index < -0.39 is 12.0 Å². The number of rotatable bonds is 7. The molecule has 0 amide bonds. The van der Waals surface area contributed by atoms with E-state index in [0.717, 1.165) is 18.4 Å². The zero-order chi connectivity index (χ0) is 14.4. The Morgan fingerprint density at radius 2 is 2.15 bits per heavy atom. The Bertz CT molecular complexity index is 554. The number of unbranched alkanes of at least 4 members (excludes halogenated alkanes) is 1. The highest BCUT2D eigenvalue weighted by atomic mass is 16.5. The van der Waals surface area contributed by atoms with Gasteiger partial charge in [-0.2, -0.15) is 4.98 Å². The van der Waals surface area contributed by atoms with Crippen LogP contribution < -0.4 is 5.32 Å². The molecule has 0 aliphatic heterocycles. The number of hydrogen-bond donors (Lipinski definition) is 2. The van der Waals surface area contributed by atoms with Gasteiger partial charge in [0.15, 0.2) is 0 Å². The van der Waals surface area contributed by atoms with E-state index in [9.17, 15) is 4.79 Å². The molecule has 0 saturated carbocycles. The van der Waals surface area contributed by atoms with Crippen LogP contribution in [0.5, 0.6) is 0 Å². The van der Waals surface area contributed by atoms with Gasteiger partial charge in [0.1, 0.15) is 6.04 Å². The molecule has 106 valence electrons. The van der Waals surface area contributed by atoms with Gasteiger partial charge in [-0.05, 0) is 23.7 Å². The maximum absolute atomic E-state index is 11.1. The molecule has 0 bridgehead atoms. The fourth-order valence-corrected chi connectivity index (χ4v) is 1.80. The molecule has 0 fully saturated rings. The molecule has 1 aromatic carbocycles. The largest absolute Gasteiger partial charge is 0.480 e. The van der Waals surface area contributed by atoms with E-state index in [0.29, 0.717) is 12.3 Å². The van der Waals surface area contributed by atoms with E-state index in [1.807, 2.05) is 37.3 Å². The molecule has 0 aliphatic carbocycles. The van der Waals surface area contributed by atoms with Crippen LogP contribution in [0.15, 0.2) is 34.9 Å². The lowest BCUT2D eigenvalue weighted by atomic mass is 10.1. The van der Waals surface area contributed by atoms with Crippen molar-refractivity contribution in [3.05, 3.63) is 30.3 Å². The Morgan fingerprint density at radius 3 is 2.80 bits per heavy atom. The number of carboxylic acids is 1. The smallest absolute Gasteiger partial charge is 0.326 e. The SMILES string of the molecule is CCCC[C@H](Nc1noc(-c2ccccc2)n1)C(=O)O. The van der Waals surface area contributed by atoms with Gasteiger partial charge in [0.2, 0.25) is 0 Å². The van der Waals surface area contributed by atoms with Crippen molar-refractivity contribution in [2.45, 2.75) is 32.2 Å². The van der Waals surface area contributed by atoms with E-state index in [2.05, 4.69) is 15.5 Å². The van der Waals surface area contributed by atoms with Crippen LogP contribution in [0.2, 0.25) is 0 Å². The lowest BCUT2D eigenvalue weighted by Gasteiger charge is -2.11. The second-order valence-electron chi connectivity index (χ2n) is 4.47. The third-order valence-corrected chi connectivity index (χ3v) is 2.89. The zero-order valence-electron chi connectivity index (χ0n) is 11.2. The van der Waals surface area contributed by atoms with Gasteiger partial charge in [-0.25, -0.2) is 4.79 Å². The summed E-state index contributed by atoms with van der Waals surface area (Å²) in [5.41, 5.74) is 0.800. The van der Waals surface area contributed by atoms with Gasteiger partial charge < -0.3 is 14.9 Å². The van der Waals surface area contributed by atoms with E-state index in [-0.39, 0.29) is 5.95 Å². The number of aliphatic carboxylic acids is 1. The molecule has 0 spiro atoms. The highest BCUT2D eigenvalue weighted by Gasteiger charge is 2.19. The number of hydrogen-bond acceptors (Lipinski definition) is 5. The lowest BCUT2D eigenvalue weighted by molar-refractivity contribution is -0.138. The predicted octanol–water partition coefficient (Wildman–Crippen LogP) is 2.79. The summed E-state index contributed by atoms with van der Waals surface area (Å²) in [7, 11) is 0. The number of carbonyl (C=O) groups is 1. The van der Waals surface area contributed by atoms with Gasteiger partial charge in [0.25, 0.3) is 11.8 Å². The third-order valence-electron chi connectivity index (χ3n) is 2.89. The highest BCUT2D eigenvalue weighted by Crippen LogP contribution is 2.18. The summed E-state index contributed by atoms with van der Waals surface area (Å²) in [6.07, 6.45) is 2.29. The predicted molar refractivity (Wildman–Crippen MR) is 74.3 cm³/mol. The average molecular weight is 275 g/mol. The number of nitrogens with one attached hydrogen (secondary N) is 1. The summed E-state index contributed by atoms with van der Waals surface area (Å²) in [5.74, 6) is -0.343. The monoisotopic (exact) mass is 275 g/mol. The highest BCUT2D eigenvalue weighted by molar-refractivity contribution is 5.76. The molecular weight excluding hydrogens is 258 g/mol. The molecule has 6 nitrogen and oxygen atoms in total. The molecule has 1 atom stereocenters. The van der Waals surface area contributed by atoms with E-state index in [1.165, 1.54) is 0 Å². The van der Waals surface area contributed by atoms with Crippen molar-refractivity contribution in [2.24, 2.45) is 0 Å². The van der Waals surface area contributed by atoms with Gasteiger partial charge in [0.05, 0.1) is 0 Å². The average Bonchev–Trinajstić information content (AvgIpc) is 2.92. The summed E-state index contributed by atoms with van der Waals surface area (Å²) in [4.78, 5) is 15.3. The van der Waals surface area contributed by atoms with Crippen molar-refractivity contribution < 1.29 is 14.4 Å². The molecule has 2 aromatic rings. The van der Waals surface area contributed by atoms with E-state index in [4.69, 9.17) is 9.63 Å². The second-order valence-corrected chi connectivity index (χ2v) is 4.47. The molecule has 6 heteroatoms. The molecule has 0 unspecified atom stereocenters. The van der Waals surface area contributed by atoms with Gasteiger partial charge in [0, 0.05) is 5.56 Å². The number of carboxylic acid groups (broad SMARTS) is 1. The standard InChI is InChI=1S/C14H17N3O3/c1-2-3-9-11(13(18)19)15-14-16-12(20-17-14)10-7-5-4-6-8-10/h4-8,11H,2-3,9H2,1H3,(H,15,17)(H,18,19)/t11-/m0/s1. The summed E-state index contributed by atoms with van der Waals surface area (Å²) < 4.78 is 5.12. The molecule has 1 heterocycles. The van der Waals surface area contributed by atoms with Crippen molar-refractivity contribution in [1.82, 2.24) is 10.1 Å². The van der Waals surface area contributed by atoms with Crippen molar-refractivity contribution >= 4 is 11.9 Å². The van der Waals surface area contributed by atoms with Crippen molar-refractivity contribution in [3.8, 4) is 11.5 Å². The number of nitrogens with zero attached hydrogens (tertiary/aromatic N) is 2. The minimum Gasteiger partial charge on any atom is -0.480 e. The summed E-state index contributed by atoms with van der Waals surface area (Å²) in [6.45, 7) is 2.01. The Balaban J connectivity index is 2.06. The van der Waals surface area contributed by atoms with Crippen molar-refractivity contribution in [2.75, 3.05) is 5.32 Å². The summed E-state index contributed by atoms with van der Waals surface area (Å²) in [6, 6.07) is 8.63. The first kappa shape index (κ1) is 14.0. The fraction of sp³-hybridized carbons (Fsp3) is 0.357. The first-order chi connectivity index (χ1) is 9.70. The Hall–Kier alpha value is -2.37. The second kappa shape index (κ2) is 6.70. The molecule has 0 radical (unpaired) electrons. The molecule has 2 N–H and O–H groups in total. The Kier molecular flexibility index (Phi) is 4.70. The molecule has 0 saturated heterocycles. The minimum absolute atomic E-state index is 0.201. The first-order valence-corrected chi connectivity index (χ1v) is 6.59. The Morgan fingerprint density at radius 1 is 1.40 bits per heavy atom. The van der Waals surface area contributed by atoms with Gasteiger partial charge in [-0.3, -0.25) is 0 Å². The zero-order valence-corrected chi connectivity index (χ0v) is 11.2. The van der Waals surface area contributed by atoms with Crippen LogP contribution in [-0.4, -0.2) is 27.3 Å². The van der Waals surface area contributed by atoms with Crippen molar-refractivity contribution in [1.29, 1.82) is 0 Å². The van der Waals surface area contributed by atoms with Gasteiger partial charge in [-0.1, -0.05) is 38.0 Å². The van der Waals surface area contributed by atoms with E-state index >= 15 is 0 Å². The van der Waals surface area contributed by atoms with E-state index in [1.54, 1.807) is 0 Å². The van der Waals surface area contributed by atoms with Crippen LogP contribution in [-0.2, 0) is 4.79 Å². The molecular formula is C14H17N3O3. The normalized spacial score (nSPS) is 12.1.